The van der Waals surface area contributed by atoms with Gasteiger partial charge in [-0.3, -0.25) is 0 Å². The van der Waals surface area contributed by atoms with Crippen molar-refractivity contribution in [3.05, 3.63) is 23.7 Å². The molecule has 0 bridgehead atoms. The average Bonchev–Trinajstić information content (AvgIpc) is 3.10. The van der Waals surface area contributed by atoms with Crippen molar-refractivity contribution in [2.24, 2.45) is 13.0 Å². The van der Waals surface area contributed by atoms with Gasteiger partial charge in [-0.25, -0.2) is 0 Å². The largest absolute Gasteiger partial charge is 0.381 e. The lowest BCUT2D eigenvalue weighted by Gasteiger charge is -2.01. The highest BCUT2D eigenvalue weighted by molar-refractivity contribution is 5.52. The van der Waals surface area contributed by atoms with Crippen LogP contribution in [0.2, 0.25) is 0 Å². The predicted molar refractivity (Wildman–Crippen MR) is 66.1 cm³/mol. The van der Waals surface area contributed by atoms with Crippen molar-refractivity contribution in [3.63, 3.8) is 0 Å². The van der Waals surface area contributed by atoms with E-state index in [-0.39, 0.29) is 0 Å². The molecule has 0 amide bonds. The number of nitrogens with zero attached hydrogens (tertiary/aromatic N) is 4. The second-order valence-corrected chi connectivity index (χ2v) is 4.79. The SMILES string of the molecule is Cn1cc(C#N)cc1-c1nc(CC2CCOC2)no1. The van der Waals surface area contributed by atoms with Crippen LogP contribution in [0.25, 0.3) is 11.6 Å². The molecule has 0 N–H and O–H groups in total. The third kappa shape index (κ3) is 2.37. The van der Waals surface area contributed by atoms with Crippen molar-refractivity contribution in [2.45, 2.75) is 12.8 Å². The van der Waals surface area contributed by atoms with Crippen LogP contribution in [0.5, 0.6) is 0 Å². The van der Waals surface area contributed by atoms with E-state index in [2.05, 4.69) is 16.2 Å². The van der Waals surface area contributed by atoms with Gasteiger partial charge in [0.05, 0.1) is 5.56 Å². The molecule has 0 spiro atoms. The van der Waals surface area contributed by atoms with Crippen LogP contribution < -0.4 is 0 Å². The lowest BCUT2D eigenvalue weighted by atomic mass is 10.1. The van der Waals surface area contributed by atoms with Gasteiger partial charge in [0, 0.05) is 32.9 Å². The molecular formula is C13H14N4O2. The Kier molecular flexibility index (Phi) is 3.05. The number of aryl methyl sites for hydroxylation is 1. The molecule has 0 radical (unpaired) electrons. The third-order valence-electron chi connectivity index (χ3n) is 3.32. The first-order valence-electron chi connectivity index (χ1n) is 6.23. The summed E-state index contributed by atoms with van der Waals surface area (Å²) >= 11 is 0. The molecule has 1 aliphatic heterocycles. The normalized spacial score (nSPS) is 18.6. The Labute approximate surface area is 110 Å². The molecule has 0 aromatic carbocycles. The maximum atomic E-state index is 8.87. The molecular weight excluding hydrogens is 244 g/mol. The molecule has 98 valence electrons. The fourth-order valence-corrected chi connectivity index (χ4v) is 2.28. The first-order chi connectivity index (χ1) is 9.26. The number of aromatic nitrogens is 3. The first-order valence-corrected chi connectivity index (χ1v) is 6.23. The highest BCUT2D eigenvalue weighted by atomic mass is 16.5. The third-order valence-corrected chi connectivity index (χ3v) is 3.32. The molecule has 6 heteroatoms. The highest BCUT2D eigenvalue weighted by Gasteiger charge is 2.20. The van der Waals surface area contributed by atoms with Crippen molar-refractivity contribution in [1.82, 2.24) is 14.7 Å². The molecule has 2 aromatic heterocycles. The van der Waals surface area contributed by atoms with E-state index in [1.807, 2.05) is 11.6 Å². The minimum Gasteiger partial charge on any atom is -0.381 e. The van der Waals surface area contributed by atoms with Gasteiger partial charge in [-0.2, -0.15) is 10.2 Å². The van der Waals surface area contributed by atoms with Crippen LogP contribution >= 0.6 is 0 Å². The molecule has 1 aliphatic rings. The number of hydrogen-bond acceptors (Lipinski definition) is 5. The van der Waals surface area contributed by atoms with E-state index in [1.54, 1.807) is 12.3 Å². The standard InChI is InChI=1S/C13H14N4O2/c1-17-7-10(6-14)4-11(17)13-15-12(16-19-13)5-9-2-3-18-8-9/h4,7,9H,2-3,5,8H2,1H3. The van der Waals surface area contributed by atoms with Gasteiger partial charge < -0.3 is 13.8 Å². The zero-order valence-corrected chi connectivity index (χ0v) is 10.7. The van der Waals surface area contributed by atoms with Crippen LogP contribution in [0.3, 0.4) is 0 Å². The maximum absolute atomic E-state index is 8.87. The number of rotatable bonds is 3. The van der Waals surface area contributed by atoms with Crippen molar-refractivity contribution >= 4 is 0 Å². The molecule has 3 heterocycles. The lowest BCUT2D eigenvalue weighted by molar-refractivity contribution is 0.185. The van der Waals surface area contributed by atoms with Crippen LogP contribution in [0.4, 0.5) is 0 Å². The summed E-state index contributed by atoms with van der Waals surface area (Å²) in [6, 6.07) is 3.84. The molecule has 3 rings (SSSR count). The average molecular weight is 258 g/mol. The predicted octanol–water partition coefficient (Wildman–Crippen LogP) is 1.53. The molecule has 1 unspecified atom stereocenters. The summed E-state index contributed by atoms with van der Waals surface area (Å²) in [6.07, 6.45) is 3.57. The second kappa shape index (κ2) is 4.86. The fourth-order valence-electron chi connectivity index (χ4n) is 2.28. The monoisotopic (exact) mass is 258 g/mol. The van der Waals surface area contributed by atoms with Crippen LogP contribution in [0.1, 0.15) is 17.8 Å². The van der Waals surface area contributed by atoms with Crippen LogP contribution in [-0.4, -0.2) is 27.9 Å². The quantitative estimate of drug-likeness (QED) is 0.834. The maximum Gasteiger partial charge on any atom is 0.274 e. The van der Waals surface area contributed by atoms with Crippen LogP contribution in [0, 0.1) is 17.2 Å². The molecule has 6 nitrogen and oxygen atoms in total. The van der Waals surface area contributed by atoms with Gasteiger partial charge in [0.15, 0.2) is 5.82 Å². The van der Waals surface area contributed by atoms with Gasteiger partial charge in [-0.1, -0.05) is 5.16 Å². The van der Waals surface area contributed by atoms with E-state index in [0.29, 0.717) is 23.2 Å². The van der Waals surface area contributed by atoms with E-state index >= 15 is 0 Å². The first kappa shape index (κ1) is 11.9. The van der Waals surface area contributed by atoms with Crippen molar-refractivity contribution in [1.29, 1.82) is 5.26 Å². The van der Waals surface area contributed by atoms with Crippen LogP contribution in [-0.2, 0) is 18.2 Å². The number of ether oxygens (including phenoxy) is 1. The van der Waals surface area contributed by atoms with E-state index < -0.39 is 0 Å². The zero-order valence-electron chi connectivity index (χ0n) is 10.7. The Bertz CT molecular complexity index is 617. The Morgan fingerprint density at radius 1 is 1.58 bits per heavy atom. The van der Waals surface area contributed by atoms with Crippen molar-refractivity contribution < 1.29 is 9.26 Å². The summed E-state index contributed by atoms with van der Waals surface area (Å²) in [5, 5.41) is 12.9. The minimum atomic E-state index is 0.456. The summed E-state index contributed by atoms with van der Waals surface area (Å²) in [7, 11) is 1.85. The summed E-state index contributed by atoms with van der Waals surface area (Å²) in [5.41, 5.74) is 1.35. The van der Waals surface area contributed by atoms with Gasteiger partial charge in [0.1, 0.15) is 11.8 Å². The molecule has 0 aliphatic carbocycles. The summed E-state index contributed by atoms with van der Waals surface area (Å²) in [4.78, 5) is 4.39. The van der Waals surface area contributed by atoms with E-state index in [9.17, 15) is 0 Å². The summed E-state index contributed by atoms with van der Waals surface area (Å²) in [5.74, 6) is 1.64. The van der Waals surface area contributed by atoms with E-state index in [4.69, 9.17) is 14.5 Å². The second-order valence-electron chi connectivity index (χ2n) is 4.79. The van der Waals surface area contributed by atoms with Gasteiger partial charge in [0.2, 0.25) is 0 Å². The molecule has 2 aromatic rings. The van der Waals surface area contributed by atoms with Crippen molar-refractivity contribution in [3.8, 4) is 17.7 Å². The zero-order chi connectivity index (χ0) is 13.2. The Morgan fingerprint density at radius 3 is 3.16 bits per heavy atom. The summed E-state index contributed by atoms with van der Waals surface area (Å²) in [6.45, 7) is 1.59. The topological polar surface area (TPSA) is 76.9 Å². The Hall–Kier alpha value is -2.13. The molecule has 1 fully saturated rings. The molecule has 1 saturated heterocycles. The van der Waals surface area contributed by atoms with E-state index in [1.165, 1.54) is 0 Å². The van der Waals surface area contributed by atoms with Crippen molar-refractivity contribution in [2.75, 3.05) is 13.2 Å². The van der Waals surface area contributed by atoms with E-state index in [0.717, 1.165) is 31.7 Å². The molecule has 19 heavy (non-hydrogen) atoms. The Morgan fingerprint density at radius 2 is 2.47 bits per heavy atom. The van der Waals surface area contributed by atoms with Gasteiger partial charge >= 0.3 is 0 Å². The smallest absolute Gasteiger partial charge is 0.274 e. The minimum absolute atomic E-state index is 0.456. The number of hydrogen-bond donors (Lipinski definition) is 0. The lowest BCUT2D eigenvalue weighted by Crippen LogP contribution is -2.04. The highest BCUT2D eigenvalue weighted by Crippen LogP contribution is 2.22. The molecule has 0 saturated carbocycles. The fraction of sp³-hybridized carbons (Fsp3) is 0.462. The summed E-state index contributed by atoms with van der Waals surface area (Å²) < 4.78 is 12.4. The van der Waals surface area contributed by atoms with Gasteiger partial charge in [-0.15, -0.1) is 0 Å². The Balaban J connectivity index is 1.80. The van der Waals surface area contributed by atoms with Gasteiger partial charge in [0.25, 0.3) is 5.89 Å². The molecule has 1 atom stereocenters. The number of nitriles is 1. The van der Waals surface area contributed by atoms with Gasteiger partial charge in [-0.05, 0) is 18.4 Å². The van der Waals surface area contributed by atoms with Crippen LogP contribution in [0.15, 0.2) is 16.8 Å².